The number of likely N-dealkylation sites (N-methyl/N-ethyl adjacent to an activating group) is 1. The van der Waals surface area contributed by atoms with Gasteiger partial charge in [-0.05, 0) is 85.2 Å². The fourth-order valence-corrected chi connectivity index (χ4v) is 8.58. The molecule has 3 fully saturated rings. The van der Waals surface area contributed by atoms with Crippen molar-refractivity contribution in [3.63, 3.8) is 0 Å². The van der Waals surface area contributed by atoms with E-state index >= 15 is 0 Å². The number of nitrogens with one attached hydrogen (secondary N) is 1. The van der Waals surface area contributed by atoms with Crippen molar-refractivity contribution in [2.45, 2.75) is 129 Å². The lowest BCUT2D eigenvalue weighted by Gasteiger charge is -2.47. The van der Waals surface area contributed by atoms with Crippen LogP contribution in [0.5, 0.6) is 0 Å². The highest BCUT2D eigenvalue weighted by molar-refractivity contribution is 6.00. The van der Waals surface area contributed by atoms with E-state index in [0.29, 0.717) is 6.42 Å². The molecule has 58 heavy (non-hydrogen) atoms. The Labute approximate surface area is 337 Å². The van der Waals surface area contributed by atoms with E-state index in [1.165, 1.54) is 19.1 Å². The molecule has 1 amide bonds. The van der Waals surface area contributed by atoms with Crippen molar-refractivity contribution in [2.75, 3.05) is 20.7 Å². The Morgan fingerprint density at radius 3 is 2.38 bits per heavy atom. The van der Waals surface area contributed by atoms with Crippen LogP contribution in [0, 0.1) is 47.1 Å². The van der Waals surface area contributed by atoms with E-state index in [1.807, 2.05) is 25.9 Å². The molecule has 0 spiro atoms. The lowest BCUT2D eigenvalue weighted by atomic mass is 9.73. The summed E-state index contributed by atoms with van der Waals surface area (Å²) < 4.78 is 63.7. The molecule has 14 nitrogen and oxygen atoms in total. The van der Waals surface area contributed by atoms with Crippen LogP contribution in [-0.4, -0.2) is 113 Å². The summed E-state index contributed by atoms with van der Waals surface area (Å²) in [5.41, 5.74) is -2.46. The number of hydrogen-bond acceptors (Lipinski definition) is 13. The number of rotatable bonds is 7. The summed E-state index contributed by atoms with van der Waals surface area (Å²) in [6.45, 7) is 13.0. The fourth-order valence-electron chi connectivity index (χ4n) is 8.58. The summed E-state index contributed by atoms with van der Waals surface area (Å²) in [5.74, 6) is -2.00. The molecule has 0 saturated carbocycles. The van der Waals surface area contributed by atoms with Crippen molar-refractivity contribution >= 4 is 23.6 Å². The highest BCUT2D eigenvalue weighted by Crippen LogP contribution is 2.40. The van der Waals surface area contributed by atoms with E-state index in [1.54, 1.807) is 41.5 Å². The van der Waals surface area contributed by atoms with E-state index in [-0.39, 0.29) is 54.4 Å². The highest BCUT2D eigenvalue weighted by atomic mass is 19.2. The third kappa shape index (κ3) is 9.29. The number of Topliss-reactive ketones (excluding diaryl/α,β-unsaturated/α-hetero) is 2. The second-order valence-corrected chi connectivity index (χ2v) is 16.5. The average molecular weight is 816 g/mol. The van der Waals surface area contributed by atoms with Crippen molar-refractivity contribution < 1.29 is 61.3 Å². The van der Waals surface area contributed by atoms with Crippen LogP contribution in [0.3, 0.4) is 0 Å². The average Bonchev–Trinajstić information content (AvgIpc) is 3.78. The Balaban J connectivity index is 1.54. The first-order valence-electron chi connectivity index (χ1n) is 19.7. The van der Waals surface area contributed by atoms with Crippen molar-refractivity contribution in [2.24, 2.45) is 23.7 Å². The number of halogens is 2. The Hall–Kier alpha value is -4.27. The molecule has 1 aromatic carbocycles. The van der Waals surface area contributed by atoms with E-state index in [4.69, 9.17) is 28.2 Å². The summed E-state index contributed by atoms with van der Waals surface area (Å²) in [5, 5.41) is 18.2. The highest BCUT2D eigenvalue weighted by Gasteiger charge is 2.57. The molecule has 3 aliphatic rings. The molecule has 4 heterocycles. The lowest BCUT2D eigenvalue weighted by molar-refractivity contribution is -0.296. The lowest BCUT2D eigenvalue weighted by Crippen LogP contribution is -2.60. The van der Waals surface area contributed by atoms with Gasteiger partial charge in [0.15, 0.2) is 29.3 Å². The van der Waals surface area contributed by atoms with Gasteiger partial charge in [-0.25, -0.2) is 13.6 Å². The number of alkyl carbamates (subject to hydrolysis) is 1. The predicted octanol–water partition coefficient (Wildman–Crippen LogP) is 4.83. The normalized spacial score (nSPS) is 36.3. The second kappa shape index (κ2) is 17.9. The number of aliphatic hydroxyl groups is 1. The number of carbonyl (C=O) groups excluding carboxylic acids is 4. The van der Waals surface area contributed by atoms with Gasteiger partial charge in [0, 0.05) is 35.4 Å². The van der Waals surface area contributed by atoms with E-state index < -0.39 is 95.0 Å². The monoisotopic (exact) mass is 815 g/mol. The summed E-state index contributed by atoms with van der Waals surface area (Å²) in [6.07, 6.45) is -5.04. The molecular formula is C42H55F2N3O11. The number of nitrogens with zero attached hydrogens (tertiary/aromatic N) is 2. The molecule has 3 aliphatic heterocycles. The third-order valence-electron chi connectivity index (χ3n) is 11.9. The van der Waals surface area contributed by atoms with Crippen molar-refractivity contribution in [1.82, 2.24) is 15.4 Å². The van der Waals surface area contributed by atoms with Gasteiger partial charge >= 0.3 is 12.1 Å². The number of amides is 1. The van der Waals surface area contributed by atoms with Gasteiger partial charge in [0.1, 0.15) is 36.2 Å². The van der Waals surface area contributed by atoms with Gasteiger partial charge in [0.2, 0.25) is 5.76 Å². The number of aromatic nitrogens is 1. The van der Waals surface area contributed by atoms with Crippen molar-refractivity contribution in [1.29, 1.82) is 0 Å². The molecule has 2 aromatic rings. The summed E-state index contributed by atoms with van der Waals surface area (Å²) in [6, 6.07) is 3.50. The smallest absolute Gasteiger partial charge is 0.408 e. The maximum Gasteiger partial charge on any atom is 0.408 e. The first-order chi connectivity index (χ1) is 27.2. The van der Waals surface area contributed by atoms with E-state index in [2.05, 4.69) is 22.3 Å². The zero-order chi connectivity index (χ0) is 42.9. The molecule has 0 bridgehead atoms. The molecule has 16 heteroatoms. The Morgan fingerprint density at radius 2 is 1.72 bits per heavy atom. The summed E-state index contributed by atoms with van der Waals surface area (Å²) in [7, 11) is 3.65. The van der Waals surface area contributed by atoms with Crippen LogP contribution in [0.4, 0.5) is 13.6 Å². The molecule has 2 N–H and O–H groups in total. The van der Waals surface area contributed by atoms with Crippen LogP contribution >= 0.6 is 0 Å². The fraction of sp³-hybridized carbons (Fsp3) is 0.643. The van der Waals surface area contributed by atoms with Crippen LogP contribution in [0.2, 0.25) is 0 Å². The molecule has 5 rings (SSSR count). The number of ketones is 2. The summed E-state index contributed by atoms with van der Waals surface area (Å²) >= 11 is 0. The van der Waals surface area contributed by atoms with Gasteiger partial charge in [-0.15, -0.1) is 0 Å². The maximum absolute atomic E-state index is 14.4. The molecule has 0 radical (unpaired) electrons. The van der Waals surface area contributed by atoms with E-state index in [9.17, 15) is 33.1 Å². The minimum atomic E-state index is -1.52. The van der Waals surface area contributed by atoms with Gasteiger partial charge in [-0.3, -0.25) is 14.4 Å². The van der Waals surface area contributed by atoms with Crippen LogP contribution in [0.25, 0.3) is 11.3 Å². The number of carbonyl (C=O) groups is 4. The van der Waals surface area contributed by atoms with Gasteiger partial charge in [0.05, 0.1) is 23.9 Å². The predicted molar refractivity (Wildman–Crippen MR) is 204 cm³/mol. The van der Waals surface area contributed by atoms with E-state index in [0.717, 1.165) is 12.1 Å². The Kier molecular flexibility index (Phi) is 13.9. The molecule has 3 saturated heterocycles. The second-order valence-electron chi connectivity index (χ2n) is 16.5. The first kappa shape index (κ1) is 44.8. The Morgan fingerprint density at radius 1 is 1.02 bits per heavy atom. The number of aliphatic hydroxyl groups excluding tert-OH is 1. The molecule has 1 aromatic heterocycles. The third-order valence-corrected chi connectivity index (χ3v) is 11.9. The van der Waals surface area contributed by atoms with Crippen LogP contribution < -0.4 is 5.32 Å². The zero-order valence-corrected chi connectivity index (χ0v) is 34.7. The topological polar surface area (TPSA) is 176 Å². The summed E-state index contributed by atoms with van der Waals surface area (Å²) in [4.78, 5) is 57.2. The van der Waals surface area contributed by atoms with Crippen LogP contribution in [0.1, 0.15) is 80.4 Å². The van der Waals surface area contributed by atoms with Crippen LogP contribution in [0.15, 0.2) is 28.8 Å². The SMILES string of the molecule is CC[C@@H]1OC(=O)[C@H](C)C(=O)[C@H](C)[C@@H](O[C@@H]2O[C@H](C)C[C@H](N(C)C)[C@H]2O)[C@@](C)(OCC#Cc2cc(-c3ccc(F)c(F)c3)no2)C[C@@H](C)C(=O)[C@@H](C)[C@H]2NC(=O)O[C@]12C. The largest absolute Gasteiger partial charge is 0.458 e. The molecule has 13 atom stereocenters. The first-order valence-corrected chi connectivity index (χ1v) is 19.7. The van der Waals surface area contributed by atoms with Crippen molar-refractivity contribution in [3.05, 3.63) is 41.7 Å². The number of esters is 1. The zero-order valence-electron chi connectivity index (χ0n) is 34.7. The van der Waals surface area contributed by atoms with Crippen LogP contribution in [-0.2, 0) is 38.1 Å². The van der Waals surface area contributed by atoms with Gasteiger partial charge in [-0.1, -0.05) is 38.8 Å². The van der Waals surface area contributed by atoms with Gasteiger partial charge in [-0.2, -0.15) is 0 Å². The number of benzene rings is 1. The van der Waals surface area contributed by atoms with Crippen molar-refractivity contribution in [3.8, 4) is 23.1 Å². The number of cyclic esters (lactones) is 1. The van der Waals surface area contributed by atoms with Gasteiger partial charge < -0.3 is 43.5 Å². The molecule has 0 aliphatic carbocycles. The number of ether oxygens (including phenoxy) is 5. The molecule has 0 unspecified atom stereocenters. The molecule has 318 valence electrons. The standard InChI is InChI=1S/C42H55F2N3O11/c1-11-32-42(8)36(45-40(52)57-42)23(4)33(48)21(2)20-41(7,53-16-12-13-27-19-30(46-58-27)26-14-15-28(43)29(44)18-26)37(24(5)34(49)25(6)38(51)55-32)56-39-35(50)31(47(9)10)17-22(3)54-39/h14-15,18-19,21-25,31-32,35-37,39,50H,11,16-17,20H2,1-10H3,(H,45,52)/t21-,22-,23-,24+,25-,31+,32+,35-,36-,37-,39+,41+,42-/m1/s1. The number of hydrogen-bond donors (Lipinski definition) is 2. The Bertz CT molecular complexity index is 1910. The minimum absolute atomic E-state index is 0.0352. The number of fused-ring (bicyclic) bond motifs is 1. The maximum atomic E-state index is 14.4. The quantitative estimate of drug-likeness (QED) is 0.221. The molecular weight excluding hydrogens is 760 g/mol. The minimum Gasteiger partial charge on any atom is -0.458 e. The van der Waals surface area contributed by atoms with Gasteiger partial charge in [0.25, 0.3) is 0 Å².